The minimum absolute atomic E-state index is 0. The second-order valence-electron chi connectivity index (χ2n) is 3.04. The molecule has 0 amide bonds. The third-order valence-corrected chi connectivity index (χ3v) is 2.01. The smallest absolute Gasteiger partial charge is 0.274 e. The molecule has 1 atom stereocenters. The van der Waals surface area contributed by atoms with Crippen molar-refractivity contribution in [2.75, 3.05) is 6.67 Å². The van der Waals surface area contributed by atoms with Crippen molar-refractivity contribution in [1.29, 1.82) is 0 Å². The van der Waals surface area contributed by atoms with E-state index in [-0.39, 0.29) is 30.1 Å². The van der Waals surface area contributed by atoms with E-state index in [0.29, 0.717) is 0 Å². The molecule has 1 rings (SSSR count). The maximum Gasteiger partial charge on any atom is 0.274 e. The Kier molecular flexibility index (Phi) is 5.84. The van der Waals surface area contributed by atoms with Crippen molar-refractivity contribution in [2.45, 2.75) is 12.5 Å². The number of halogens is 3. The summed E-state index contributed by atoms with van der Waals surface area (Å²) in [4.78, 5) is 9.92. The summed E-state index contributed by atoms with van der Waals surface area (Å²) in [6.07, 6.45) is -0.0652. The van der Waals surface area contributed by atoms with Gasteiger partial charge in [-0.1, -0.05) is 0 Å². The highest BCUT2D eigenvalue weighted by Gasteiger charge is 2.19. The van der Waals surface area contributed by atoms with E-state index in [9.17, 15) is 18.9 Å². The number of nitrogens with zero attached hydrogens (tertiary/aromatic N) is 1. The van der Waals surface area contributed by atoms with Gasteiger partial charge in [0.1, 0.15) is 5.82 Å². The quantitative estimate of drug-likeness (QED) is 0.661. The van der Waals surface area contributed by atoms with Gasteiger partial charge in [0.15, 0.2) is 0 Å². The third-order valence-electron chi connectivity index (χ3n) is 2.01. The highest BCUT2D eigenvalue weighted by Crippen LogP contribution is 2.26. The highest BCUT2D eigenvalue weighted by atomic mass is 35.5. The Morgan fingerprint density at radius 1 is 1.50 bits per heavy atom. The molecule has 0 aromatic heterocycles. The fourth-order valence-corrected chi connectivity index (χ4v) is 1.26. The molecule has 0 aliphatic carbocycles. The molecular weight excluding hydrogens is 242 g/mol. The van der Waals surface area contributed by atoms with Crippen LogP contribution in [0.2, 0.25) is 0 Å². The Morgan fingerprint density at radius 2 is 2.12 bits per heavy atom. The minimum atomic E-state index is -0.855. The molecule has 0 fully saturated rings. The number of benzene rings is 1. The molecule has 0 heterocycles. The van der Waals surface area contributed by atoms with Gasteiger partial charge in [-0.15, -0.1) is 12.4 Å². The SMILES string of the molecule is Cl.N[C@H](CCF)c1cc(F)ccc1[N+](=O)[O-]. The van der Waals surface area contributed by atoms with Gasteiger partial charge in [-0.3, -0.25) is 14.5 Å². The summed E-state index contributed by atoms with van der Waals surface area (Å²) >= 11 is 0. The van der Waals surface area contributed by atoms with Crippen molar-refractivity contribution < 1.29 is 13.7 Å². The molecule has 0 spiro atoms. The summed E-state index contributed by atoms with van der Waals surface area (Å²) in [5.74, 6) is -0.620. The van der Waals surface area contributed by atoms with Crippen molar-refractivity contribution in [3.8, 4) is 0 Å². The first-order valence-corrected chi connectivity index (χ1v) is 4.31. The van der Waals surface area contributed by atoms with E-state index in [1.54, 1.807) is 0 Å². The molecule has 0 aliphatic heterocycles. The summed E-state index contributed by atoms with van der Waals surface area (Å²) in [6, 6.07) is 2.12. The van der Waals surface area contributed by atoms with Crippen molar-refractivity contribution in [3.05, 3.63) is 39.7 Å². The van der Waals surface area contributed by atoms with Crippen LogP contribution in [-0.2, 0) is 0 Å². The van der Waals surface area contributed by atoms with E-state index in [1.807, 2.05) is 0 Å². The zero-order valence-electron chi connectivity index (χ0n) is 8.23. The lowest BCUT2D eigenvalue weighted by Crippen LogP contribution is -2.13. The van der Waals surface area contributed by atoms with Crippen LogP contribution in [0, 0.1) is 15.9 Å². The van der Waals surface area contributed by atoms with Crippen LogP contribution < -0.4 is 5.73 Å². The summed E-state index contributed by atoms with van der Waals surface area (Å²) < 4.78 is 24.9. The van der Waals surface area contributed by atoms with Crippen LogP contribution >= 0.6 is 12.4 Å². The van der Waals surface area contributed by atoms with Crippen molar-refractivity contribution in [2.24, 2.45) is 5.73 Å². The maximum absolute atomic E-state index is 12.8. The second-order valence-corrected chi connectivity index (χ2v) is 3.04. The number of nitro benzene ring substituents is 1. The number of rotatable bonds is 4. The van der Waals surface area contributed by atoms with Crippen LogP contribution in [0.15, 0.2) is 18.2 Å². The largest absolute Gasteiger partial charge is 0.324 e. The normalized spacial score (nSPS) is 11.7. The van der Waals surface area contributed by atoms with Gasteiger partial charge in [0.25, 0.3) is 5.69 Å². The molecule has 0 saturated heterocycles. The second kappa shape index (κ2) is 6.34. The van der Waals surface area contributed by atoms with Gasteiger partial charge in [-0.25, -0.2) is 4.39 Å². The molecule has 0 bridgehead atoms. The van der Waals surface area contributed by atoms with Gasteiger partial charge in [-0.2, -0.15) is 0 Å². The zero-order chi connectivity index (χ0) is 11.4. The average molecular weight is 253 g/mol. The Balaban J connectivity index is 0.00000225. The molecule has 0 unspecified atom stereocenters. The lowest BCUT2D eigenvalue weighted by molar-refractivity contribution is -0.385. The molecule has 16 heavy (non-hydrogen) atoms. The number of hydrogen-bond donors (Lipinski definition) is 1. The summed E-state index contributed by atoms with van der Waals surface area (Å²) in [6.45, 7) is -0.700. The van der Waals surface area contributed by atoms with E-state index < -0.39 is 23.5 Å². The topological polar surface area (TPSA) is 69.2 Å². The molecule has 0 aliphatic rings. The molecule has 0 saturated carbocycles. The minimum Gasteiger partial charge on any atom is -0.324 e. The lowest BCUT2D eigenvalue weighted by atomic mass is 10.0. The first kappa shape index (κ1) is 14.7. The molecule has 1 aromatic rings. The third kappa shape index (κ3) is 3.39. The van der Waals surface area contributed by atoms with Crippen LogP contribution in [-0.4, -0.2) is 11.6 Å². The average Bonchev–Trinajstić information content (AvgIpc) is 2.17. The first-order valence-electron chi connectivity index (χ1n) is 4.31. The number of alkyl halides is 1. The van der Waals surface area contributed by atoms with Crippen LogP contribution in [0.25, 0.3) is 0 Å². The van der Waals surface area contributed by atoms with Gasteiger partial charge in [0.2, 0.25) is 0 Å². The Bertz CT molecular complexity index is 377. The number of hydrogen-bond acceptors (Lipinski definition) is 3. The standard InChI is InChI=1S/C9H10F2N2O2.ClH/c10-4-3-8(12)7-5-6(11)1-2-9(7)13(14)15;/h1-2,5,8H,3-4,12H2;1H/t8-;/m1./s1. The molecule has 4 nitrogen and oxygen atoms in total. The van der Waals surface area contributed by atoms with Crippen LogP contribution in [0.1, 0.15) is 18.0 Å². The molecule has 90 valence electrons. The molecule has 7 heteroatoms. The van der Waals surface area contributed by atoms with Gasteiger partial charge in [0.05, 0.1) is 11.6 Å². The van der Waals surface area contributed by atoms with Gasteiger partial charge < -0.3 is 5.73 Å². The van der Waals surface area contributed by atoms with E-state index in [4.69, 9.17) is 5.73 Å². The molecular formula is C9H11ClF2N2O2. The number of nitro groups is 1. The molecule has 0 radical (unpaired) electrons. The molecule has 2 N–H and O–H groups in total. The fourth-order valence-electron chi connectivity index (χ4n) is 1.26. The summed E-state index contributed by atoms with van der Waals surface area (Å²) in [5.41, 5.74) is 5.25. The van der Waals surface area contributed by atoms with Crippen LogP contribution in [0.4, 0.5) is 14.5 Å². The first-order chi connectivity index (χ1) is 7.06. The predicted octanol–water partition coefficient (Wildman–Crippen LogP) is 2.52. The maximum atomic E-state index is 12.8. The van der Waals surface area contributed by atoms with E-state index in [0.717, 1.165) is 18.2 Å². The predicted molar refractivity (Wildman–Crippen MR) is 57.8 cm³/mol. The van der Waals surface area contributed by atoms with Crippen LogP contribution in [0.3, 0.4) is 0 Å². The van der Waals surface area contributed by atoms with Crippen LogP contribution in [0.5, 0.6) is 0 Å². The monoisotopic (exact) mass is 252 g/mol. The van der Waals surface area contributed by atoms with E-state index in [2.05, 4.69) is 0 Å². The fraction of sp³-hybridized carbons (Fsp3) is 0.333. The van der Waals surface area contributed by atoms with Crippen molar-refractivity contribution in [1.82, 2.24) is 0 Å². The number of nitrogens with two attached hydrogens (primary N) is 1. The zero-order valence-corrected chi connectivity index (χ0v) is 9.05. The Morgan fingerprint density at radius 3 is 2.62 bits per heavy atom. The van der Waals surface area contributed by atoms with E-state index >= 15 is 0 Å². The van der Waals surface area contributed by atoms with Gasteiger partial charge >= 0.3 is 0 Å². The summed E-state index contributed by atoms with van der Waals surface area (Å²) in [5, 5.41) is 10.6. The Hall–Kier alpha value is -1.27. The summed E-state index contributed by atoms with van der Waals surface area (Å²) in [7, 11) is 0. The van der Waals surface area contributed by atoms with Gasteiger partial charge in [-0.05, 0) is 18.6 Å². The van der Waals surface area contributed by atoms with Crippen molar-refractivity contribution in [3.63, 3.8) is 0 Å². The lowest BCUT2D eigenvalue weighted by Gasteiger charge is -2.09. The highest BCUT2D eigenvalue weighted by molar-refractivity contribution is 5.85. The van der Waals surface area contributed by atoms with E-state index in [1.165, 1.54) is 0 Å². The Labute approximate surface area is 97.0 Å². The molecule has 1 aromatic carbocycles. The van der Waals surface area contributed by atoms with Gasteiger partial charge in [0, 0.05) is 17.7 Å². The van der Waals surface area contributed by atoms with Crippen molar-refractivity contribution >= 4 is 18.1 Å².